The lowest BCUT2D eigenvalue weighted by Crippen LogP contribution is -2.31. The molecule has 0 bridgehead atoms. The molecule has 0 unspecified atom stereocenters. The molecule has 5 rings (SSSR count). The molecule has 0 saturated carbocycles. The van der Waals surface area contributed by atoms with Gasteiger partial charge < -0.3 is 10.1 Å². The number of thioether (sulfide) groups is 1. The van der Waals surface area contributed by atoms with Gasteiger partial charge in [-0.15, -0.1) is 18.3 Å². The number of carbonyl (C=O) groups excluding carboxylic acids is 2. The molecule has 3 aromatic carbocycles. The van der Waals surface area contributed by atoms with Gasteiger partial charge in [0.2, 0.25) is 5.91 Å². The van der Waals surface area contributed by atoms with Crippen LogP contribution in [0, 0.1) is 0 Å². The minimum atomic E-state index is -4.76. The maximum Gasteiger partial charge on any atom is 0.573 e. The Morgan fingerprint density at radius 2 is 1.79 bits per heavy atom. The molecule has 1 N–H and O–H groups in total. The van der Waals surface area contributed by atoms with Crippen molar-refractivity contribution in [3.05, 3.63) is 96.5 Å². The van der Waals surface area contributed by atoms with Crippen LogP contribution in [-0.4, -0.2) is 44.0 Å². The van der Waals surface area contributed by atoms with Gasteiger partial charge in [-0.3, -0.25) is 9.69 Å². The molecule has 3 amide bonds. The smallest absolute Gasteiger partial charge is 0.406 e. The first-order valence-corrected chi connectivity index (χ1v) is 14.0. The minimum Gasteiger partial charge on any atom is -0.406 e. The number of urea groups is 1. The highest BCUT2D eigenvalue weighted by molar-refractivity contribution is 8.15. The topological polar surface area (TPSA) is 102 Å². The van der Waals surface area contributed by atoms with Gasteiger partial charge >= 0.3 is 12.4 Å². The van der Waals surface area contributed by atoms with Crippen LogP contribution in [0.3, 0.4) is 0 Å². The number of alkyl halides is 3. The van der Waals surface area contributed by atoms with E-state index in [1.165, 1.54) is 58.1 Å². The lowest BCUT2D eigenvalue weighted by molar-refractivity contribution is -0.274. The molecule has 1 fully saturated rings. The van der Waals surface area contributed by atoms with Gasteiger partial charge in [-0.05, 0) is 53.5 Å². The zero-order chi connectivity index (χ0) is 30.6. The largest absolute Gasteiger partial charge is 0.573 e. The molecule has 1 aliphatic rings. The van der Waals surface area contributed by atoms with E-state index >= 15 is 0 Å². The molecule has 43 heavy (non-hydrogen) atoms. The summed E-state index contributed by atoms with van der Waals surface area (Å²) in [5.41, 5.74) is 3.73. The molecule has 0 atom stereocenters. The van der Waals surface area contributed by atoms with E-state index < -0.39 is 12.4 Å². The van der Waals surface area contributed by atoms with Crippen molar-refractivity contribution in [3.63, 3.8) is 0 Å². The van der Waals surface area contributed by atoms with Crippen LogP contribution >= 0.6 is 11.8 Å². The van der Waals surface area contributed by atoms with Crippen LogP contribution in [0.5, 0.6) is 5.75 Å². The fraction of sp³-hybridized carbons (Fsp3) is 0.167. The van der Waals surface area contributed by atoms with E-state index in [2.05, 4.69) is 25.1 Å². The minimum absolute atomic E-state index is 0.131. The molecular formula is C30H25F3N6O3S. The quantitative estimate of drug-likeness (QED) is 0.249. The second-order valence-electron chi connectivity index (χ2n) is 9.58. The van der Waals surface area contributed by atoms with E-state index in [9.17, 15) is 22.8 Å². The Hall–Kier alpha value is -4.91. The third kappa shape index (κ3) is 7.30. The Morgan fingerprint density at radius 3 is 2.49 bits per heavy atom. The molecule has 220 valence electrons. The number of nitrogens with one attached hydrogen (secondary N) is 1. The van der Waals surface area contributed by atoms with Crippen LogP contribution in [0.15, 0.2) is 90.3 Å². The van der Waals surface area contributed by atoms with Gasteiger partial charge in [0.05, 0.1) is 17.1 Å². The number of anilines is 1. The number of amides is 3. The molecule has 2 heterocycles. The first kappa shape index (κ1) is 29.6. The number of halogens is 3. The first-order valence-electron chi connectivity index (χ1n) is 13.1. The number of amidine groups is 1. The zero-order valence-corrected chi connectivity index (χ0v) is 23.8. The molecule has 1 aliphatic heterocycles. The second-order valence-corrected chi connectivity index (χ2v) is 10.5. The number of para-hydroxylation sites is 1. The molecule has 13 heteroatoms. The summed E-state index contributed by atoms with van der Waals surface area (Å²) in [5.74, 6) is 0.353. The van der Waals surface area contributed by atoms with Crippen LogP contribution in [-0.2, 0) is 4.79 Å². The summed E-state index contributed by atoms with van der Waals surface area (Å²) >= 11 is 1.22. The Morgan fingerprint density at radius 1 is 1.07 bits per heavy atom. The highest BCUT2D eigenvalue weighted by Gasteiger charge is 2.32. The van der Waals surface area contributed by atoms with Gasteiger partial charge in [0, 0.05) is 11.8 Å². The van der Waals surface area contributed by atoms with E-state index in [0.717, 1.165) is 16.8 Å². The van der Waals surface area contributed by atoms with Crippen molar-refractivity contribution in [2.45, 2.75) is 26.1 Å². The monoisotopic (exact) mass is 606 g/mol. The molecule has 4 aromatic rings. The Kier molecular flexibility index (Phi) is 8.62. The van der Waals surface area contributed by atoms with Gasteiger partial charge in [0.25, 0.3) is 0 Å². The van der Waals surface area contributed by atoms with Gasteiger partial charge in [-0.25, -0.2) is 14.5 Å². The van der Waals surface area contributed by atoms with Crippen LogP contribution in [0.4, 0.5) is 23.7 Å². The van der Waals surface area contributed by atoms with E-state index in [0.29, 0.717) is 22.2 Å². The number of ether oxygens (including phenoxy) is 1. The third-order valence-corrected chi connectivity index (χ3v) is 7.16. The molecule has 9 nitrogen and oxygen atoms in total. The molecule has 1 aromatic heterocycles. The Balaban J connectivity index is 1.21. The lowest BCUT2D eigenvalue weighted by Gasteiger charge is -2.21. The predicted molar refractivity (Wildman–Crippen MR) is 159 cm³/mol. The zero-order valence-electron chi connectivity index (χ0n) is 22.9. The van der Waals surface area contributed by atoms with Crippen molar-refractivity contribution in [2.24, 2.45) is 4.99 Å². The fourth-order valence-electron chi connectivity index (χ4n) is 4.25. The van der Waals surface area contributed by atoms with Crippen LogP contribution < -0.4 is 15.0 Å². The van der Waals surface area contributed by atoms with Gasteiger partial charge in [-0.2, -0.15) is 4.99 Å². The molecule has 1 saturated heterocycles. The summed E-state index contributed by atoms with van der Waals surface area (Å²) in [5, 5.41) is 7.32. The Bertz CT molecular complexity index is 1680. The fourth-order valence-corrected chi connectivity index (χ4v) is 5.11. The molecule has 0 spiro atoms. The number of aromatic nitrogens is 3. The van der Waals surface area contributed by atoms with Crippen LogP contribution in [0.1, 0.15) is 30.9 Å². The number of nitrogens with zero attached hydrogens (tertiary/aromatic N) is 5. The average Bonchev–Trinajstić information content (AvgIpc) is 3.60. The number of carbonyl (C=O) groups is 2. The van der Waals surface area contributed by atoms with Crippen LogP contribution in [0.2, 0.25) is 0 Å². The number of benzene rings is 3. The normalized spacial score (nSPS) is 14.7. The van der Waals surface area contributed by atoms with E-state index in [-0.39, 0.29) is 23.3 Å². The number of hydrogen-bond donors (Lipinski definition) is 1. The predicted octanol–water partition coefficient (Wildman–Crippen LogP) is 6.77. The van der Waals surface area contributed by atoms with Crippen molar-refractivity contribution in [1.82, 2.24) is 20.1 Å². The highest BCUT2D eigenvalue weighted by Crippen LogP contribution is 2.33. The van der Waals surface area contributed by atoms with E-state index in [1.807, 2.05) is 50.2 Å². The first-order chi connectivity index (χ1) is 20.6. The average molecular weight is 607 g/mol. The summed E-state index contributed by atoms with van der Waals surface area (Å²) in [6.07, 6.45) is -0.147. The molecular weight excluding hydrogens is 581 g/mol. The van der Waals surface area contributed by atoms with Crippen molar-refractivity contribution in [2.75, 3.05) is 10.7 Å². The third-order valence-electron chi connectivity index (χ3n) is 6.24. The van der Waals surface area contributed by atoms with Crippen molar-refractivity contribution >= 4 is 40.6 Å². The summed E-state index contributed by atoms with van der Waals surface area (Å²) in [6, 6.07) is 19.5. The highest BCUT2D eigenvalue weighted by atomic mass is 32.2. The maximum absolute atomic E-state index is 12.6. The van der Waals surface area contributed by atoms with E-state index in [1.54, 1.807) is 18.2 Å². The SMILES string of the molecule is CC(C)c1ccccc1N1C(=O)CSC1=NC(=O)N/C=C/c1ccc(-c2ncn(-c3ccc(OC(F)(F)F)cc3)n2)cc1. The standard InChI is InChI=1S/C30H25F3N6O3S/c1-19(2)24-5-3-4-6-25(24)39-26(40)17-43-29(39)36-28(41)34-16-15-20-7-9-21(10-8-20)27-35-18-38(37-27)22-11-13-23(14-12-22)42-30(31,32)33/h3-16,18-19H,17H2,1-2H3,(H,34,41)/b16-15+,36-29?. The summed E-state index contributed by atoms with van der Waals surface area (Å²) < 4.78 is 42.5. The maximum atomic E-state index is 12.6. The Labute approximate surface area is 249 Å². The summed E-state index contributed by atoms with van der Waals surface area (Å²) in [4.78, 5) is 35.1. The van der Waals surface area contributed by atoms with Gasteiger partial charge in [0.1, 0.15) is 12.1 Å². The molecule has 0 radical (unpaired) electrons. The summed E-state index contributed by atoms with van der Waals surface area (Å²) in [6.45, 7) is 4.08. The van der Waals surface area contributed by atoms with Crippen molar-refractivity contribution < 1.29 is 27.5 Å². The van der Waals surface area contributed by atoms with Crippen molar-refractivity contribution in [1.29, 1.82) is 0 Å². The number of rotatable bonds is 7. The lowest BCUT2D eigenvalue weighted by atomic mass is 10.0. The van der Waals surface area contributed by atoms with Crippen LogP contribution in [0.25, 0.3) is 23.2 Å². The van der Waals surface area contributed by atoms with E-state index in [4.69, 9.17) is 0 Å². The van der Waals surface area contributed by atoms with Gasteiger partial charge in [-0.1, -0.05) is 68.1 Å². The van der Waals surface area contributed by atoms with Crippen molar-refractivity contribution in [3.8, 4) is 22.8 Å². The second kappa shape index (κ2) is 12.5. The number of hydrogen-bond acceptors (Lipinski definition) is 6. The summed E-state index contributed by atoms with van der Waals surface area (Å²) in [7, 11) is 0. The number of aliphatic imine (C=N–C) groups is 1. The van der Waals surface area contributed by atoms with Gasteiger partial charge in [0.15, 0.2) is 11.0 Å². The molecule has 0 aliphatic carbocycles.